The number of ether oxygens (including phenoxy) is 2. The first-order chi connectivity index (χ1) is 9.80. The maximum absolute atomic E-state index is 9.31. The molecule has 0 N–H and O–H groups in total. The van der Waals surface area contributed by atoms with Crippen molar-refractivity contribution in [2.75, 3.05) is 14.2 Å². The highest BCUT2D eigenvalue weighted by atomic mass is 16.5. The van der Waals surface area contributed by atoms with Gasteiger partial charge in [0.15, 0.2) is 11.5 Å². The summed E-state index contributed by atoms with van der Waals surface area (Å²) in [6.07, 6.45) is 5.09. The minimum Gasteiger partial charge on any atom is -0.493 e. The lowest BCUT2D eigenvalue weighted by atomic mass is 10.0. The van der Waals surface area contributed by atoms with E-state index in [4.69, 9.17) is 9.47 Å². The van der Waals surface area contributed by atoms with Crippen LogP contribution < -0.4 is 9.47 Å². The third kappa shape index (κ3) is 2.78. The van der Waals surface area contributed by atoms with Crippen LogP contribution in [-0.2, 0) is 0 Å². The molecule has 0 amide bonds. The third-order valence-electron chi connectivity index (χ3n) is 2.83. The summed E-state index contributed by atoms with van der Waals surface area (Å²) in [6, 6.07) is 11.4. The van der Waals surface area contributed by atoms with Gasteiger partial charge in [-0.1, -0.05) is 18.2 Å². The smallest absolute Gasteiger partial charge is 0.167 e. The molecule has 2 rings (SSSR count). The molecule has 0 unspecified atom stereocenters. The number of hydrogen-bond acceptors (Lipinski definition) is 4. The SMILES string of the molecule is COc1cccc(/C=C(\C#N)c2cccnc2)c1OC. The normalized spacial score (nSPS) is 10.8. The molecule has 100 valence electrons. The van der Waals surface area contributed by atoms with E-state index in [1.165, 1.54) is 0 Å². The molecule has 2 aromatic rings. The van der Waals surface area contributed by atoms with Crippen molar-refractivity contribution in [3.05, 3.63) is 53.9 Å². The van der Waals surface area contributed by atoms with Gasteiger partial charge in [-0.25, -0.2) is 0 Å². The Bertz CT molecular complexity index is 658. The van der Waals surface area contributed by atoms with Crippen LogP contribution >= 0.6 is 0 Å². The Balaban J connectivity index is 2.51. The molecule has 1 aromatic carbocycles. The molecule has 0 saturated carbocycles. The van der Waals surface area contributed by atoms with Gasteiger partial charge in [0, 0.05) is 23.5 Å². The van der Waals surface area contributed by atoms with E-state index in [1.54, 1.807) is 38.8 Å². The van der Waals surface area contributed by atoms with Gasteiger partial charge in [-0.15, -0.1) is 0 Å². The standard InChI is InChI=1S/C16H14N2O2/c1-19-15-7-3-5-12(16(15)20-2)9-14(10-17)13-6-4-8-18-11-13/h3-9,11H,1-2H3/b14-9+. The number of aromatic nitrogens is 1. The Kier molecular flexibility index (Phi) is 4.35. The number of methoxy groups -OCH3 is 2. The zero-order valence-electron chi connectivity index (χ0n) is 11.3. The summed E-state index contributed by atoms with van der Waals surface area (Å²) in [4.78, 5) is 4.02. The molecule has 0 spiro atoms. The fourth-order valence-corrected chi connectivity index (χ4v) is 1.88. The number of nitriles is 1. The van der Waals surface area contributed by atoms with E-state index in [2.05, 4.69) is 11.1 Å². The van der Waals surface area contributed by atoms with Crippen molar-refractivity contribution in [1.82, 2.24) is 4.98 Å². The van der Waals surface area contributed by atoms with Crippen molar-refractivity contribution >= 4 is 11.6 Å². The van der Waals surface area contributed by atoms with Crippen molar-refractivity contribution in [3.8, 4) is 17.6 Å². The van der Waals surface area contributed by atoms with Gasteiger partial charge in [0.25, 0.3) is 0 Å². The second-order valence-corrected chi connectivity index (χ2v) is 3.99. The highest BCUT2D eigenvalue weighted by Gasteiger charge is 2.09. The molecule has 0 fully saturated rings. The molecule has 0 aliphatic carbocycles. The number of rotatable bonds is 4. The average Bonchev–Trinajstić information content (AvgIpc) is 2.52. The number of nitrogens with zero attached hydrogens (tertiary/aromatic N) is 2. The maximum Gasteiger partial charge on any atom is 0.167 e. The van der Waals surface area contributed by atoms with Crippen LogP contribution in [0.2, 0.25) is 0 Å². The molecular weight excluding hydrogens is 252 g/mol. The summed E-state index contributed by atoms with van der Waals surface area (Å²) in [5.41, 5.74) is 2.07. The monoisotopic (exact) mass is 266 g/mol. The van der Waals surface area contributed by atoms with Gasteiger partial charge < -0.3 is 9.47 Å². The Morgan fingerprint density at radius 1 is 1.20 bits per heavy atom. The summed E-state index contributed by atoms with van der Waals surface area (Å²) in [5, 5.41) is 9.31. The van der Waals surface area contributed by atoms with E-state index < -0.39 is 0 Å². The Morgan fingerprint density at radius 3 is 2.65 bits per heavy atom. The number of para-hydroxylation sites is 1. The maximum atomic E-state index is 9.31. The molecule has 0 aliphatic heterocycles. The predicted molar refractivity (Wildman–Crippen MR) is 77.3 cm³/mol. The van der Waals surface area contributed by atoms with Gasteiger partial charge in [-0.05, 0) is 18.2 Å². The molecular formula is C16H14N2O2. The first-order valence-corrected chi connectivity index (χ1v) is 6.03. The van der Waals surface area contributed by atoms with Crippen LogP contribution in [0.25, 0.3) is 11.6 Å². The number of allylic oxidation sites excluding steroid dienone is 1. The quantitative estimate of drug-likeness (QED) is 0.798. The molecule has 20 heavy (non-hydrogen) atoms. The molecule has 4 heteroatoms. The van der Waals surface area contributed by atoms with Gasteiger partial charge >= 0.3 is 0 Å². The fourth-order valence-electron chi connectivity index (χ4n) is 1.88. The second-order valence-electron chi connectivity index (χ2n) is 3.99. The van der Waals surface area contributed by atoms with Crippen LogP contribution in [0.5, 0.6) is 11.5 Å². The van der Waals surface area contributed by atoms with Crippen molar-refractivity contribution in [2.45, 2.75) is 0 Å². The van der Waals surface area contributed by atoms with Crippen LogP contribution in [0, 0.1) is 11.3 Å². The Morgan fingerprint density at radius 2 is 2.05 bits per heavy atom. The second kappa shape index (κ2) is 6.39. The molecule has 0 saturated heterocycles. The molecule has 0 bridgehead atoms. The summed E-state index contributed by atoms with van der Waals surface area (Å²) in [6.45, 7) is 0. The van der Waals surface area contributed by atoms with Crippen LogP contribution in [-0.4, -0.2) is 19.2 Å². The topological polar surface area (TPSA) is 55.1 Å². The van der Waals surface area contributed by atoms with Gasteiger partial charge in [-0.2, -0.15) is 5.26 Å². The summed E-state index contributed by atoms with van der Waals surface area (Å²) < 4.78 is 10.6. The van der Waals surface area contributed by atoms with Crippen LogP contribution in [0.1, 0.15) is 11.1 Å². The van der Waals surface area contributed by atoms with Crippen LogP contribution in [0.4, 0.5) is 0 Å². The third-order valence-corrected chi connectivity index (χ3v) is 2.83. The minimum atomic E-state index is 0.518. The molecule has 0 aliphatic rings. The molecule has 1 aromatic heterocycles. The zero-order chi connectivity index (χ0) is 14.4. The molecule has 0 atom stereocenters. The average molecular weight is 266 g/mol. The van der Waals surface area contributed by atoms with E-state index in [-0.39, 0.29) is 0 Å². The lowest BCUT2D eigenvalue weighted by molar-refractivity contribution is 0.354. The van der Waals surface area contributed by atoms with Gasteiger partial charge in [0.2, 0.25) is 0 Å². The van der Waals surface area contributed by atoms with Crippen molar-refractivity contribution in [2.24, 2.45) is 0 Å². The molecule has 4 nitrogen and oxygen atoms in total. The van der Waals surface area contributed by atoms with Crippen molar-refractivity contribution in [3.63, 3.8) is 0 Å². The zero-order valence-corrected chi connectivity index (χ0v) is 11.3. The van der Waals surface area contributed by atoms with Crippen LogP contribution in [0.3, 0.4) is 0 Å². The van der Waals surface area contributed by atoms with E-state index in [0.29, 0.717) is 17.1 Å². The van der Waals surface area contributed by atoms with Gasteiger partial charge in [-0.3, -0.25) is 4.98 Å². The fraction of sp³-hybridized carbons (Fsp3) is 0.125. The van der Waals surface area contributed by atoms with E-state index in [9.17, 15) is 5.26 Å². The van der Waals surface area contributed by atoms with E-state index >= 15 is 0 Å². The van der Waals surface area contributed by atoms with E-state index in [1.807, 2.05) is 24.3 Å². The summed E-state index contributed by atoms with van der Waals surface area (Å²) in [7, 11) is 3.16. The van der Waals surface area contributed by atoms with Crippen molar-refractivity contribution in [1.29, 1.82) is 5.26 Å². The number of hydrogen-bond donors (Lipinski definition) is 0. The highest BCUT2D eigenvalue weighted by Crippen LogP contribution is 2.33. The molecule has 1 heterocycles. The van der Waals surface area contributed by atoms with Gasteiger partial charge in [0.05, 0.1) is 25.9 Å². The minimum absolute atomic E-state index is 0.518. The van der Waals surface area contributed by atoms with E-state index in [0.717, 1.165) is 11.1 Å². The summed E-state index contributed by atoms with van der Waals surface area (Å²) >= 11 is 0. The first-order valence-electron chi connectivity index (χ1n) is 6.03. The first kappa shape index (κ1) is 13.6. The Labute approximate surface area is 117 Å². The number of pyridine rings is 1. The Hall–Kier alpha value is -2.80. The lowest BCUT2D eigenvalue weighted by Crippen LogP contribution is -1.93. The largest absolute Gasteiger partial charge is 0.493 e. The number of benzene rings is 1. The summed E-state index contributed by atoms with van der Waals surface area (Å²) in [5.74, 6) is 1.23. The molecule has 0 radical (unpaired) electrons. The lowest BCUT2D eigenvalue weighted by Gasteiger charge is -2.10. The van der Waals surface area contributed by atoms with Gasteiger partial charge in [0.1, 0.15) is 0 Å². The highest BCUT2D eigenvalue weighted by molar-refractivity contribution is 5.90. The van der Waals surface area contributed by atoms with Crippen molar-refractivity contribution < 1.29 is 9.47 Å². The predicted octanol–water partition coefficient (Wildman–Crippen LogP) is 3.16. The van der Waals surface area contributed by atoms with Crippen LogP contribution in [0.15, 0.2) is 42.7 Å².